The fourth-order valence-electron chi connectivity index (χ4n) is 2.58. The molecule has 0 aliphatic rings. The molecule has 2 heterocycles. The highest BCUT2D eigenvalue weighted by Gasteiger charge is 2.17. The summed E-state index contributed by atoms with van der Waals surface area (Å²) in [6.45, 7) is 5.42. The number of nitrogens with zero attached hydrogens (tertiary/aromatic N) is 5. The van der Waals surface area contributed by atoms with E-state index in [1.54, 1.807) is 0 Å². The van der Waals surface area contributed by atoms with Crippen molar-refractivity contribution in [2.24, 2.45) is 5.41 Å². The van der Waals surface area contributed by atoms with Crippen LogP contribution in [0.25, 0.3) is 5.65 Å². The Morgan fingerprint density at radius 2 is 1.91 bits per heavy atom. The second-order valence-corrected chi connectivity index (χ2v) is 6.60. The quantitative estimate of drug-likeness (QED) is 0.726. The van der Waals surface area contributed by atoms with Gasteiger partial charge in [-0.3, -0.25) is 0 Å². The van der Waals surface area contributed by atoms with Gasteiger partial charge in [-0.15, -0.1) is 14.8 Å². The van der Waals surface area contributed by atoms with Gasteiger partial charge in [-0.2, -0.15) is 0 Å². The molecule has 0 radical (unpaired) electrons. The van der Waals surface area contributed by atoms with Crippen LogP contribution in [0.5, 0.6) is 0 Å². The predicted octanol–water partition coefficient (Wildman–Crippen LogP) is 2.98. The normalized spacial score (nSPS) is 11.7. The number of benzene rings is 1. The smallest absolute Gasteiger partial charge is 0.200 e. The predicted molar refractivity (Wildman–Crippen MR) is 90.2 cm³/mol. The molecule has 0 unspecified atom stereocenters. The molecule has 0 amide bonds. The van der Waals surface area contributed by atoms with Crippen LogP contribution in [0.3, 0.4) is 0 Å². The lowest BCUT2D eigenvalue weighted by Crippen LogP contribution is -2.24. The van der Waals surface area contributed by atoms with Crippen molar-refractivity contribution in [1.82, 2.24) is 25.3 Å². The molecular weight excluding hydrogens is 288 g/mol. The van der Waals surface area contributed by atoms with E-state index in [0.717, 1.165) is 25.2 Å². The lowest BCUT2D eigenvalue weighted by atomic mass is 9.86. The largest absolute Gasteiger partial charge is 0.368 e. The molecule has 6 nitrogen and oxygen atoms in total. The standard InChI is InChI=1S/C17H22N6/c1-17(2,12-6-9-14-7-4-3-5-8-14)13-18-15-10-11-16-19-21-22-23(16)20-15/h3-5,7-8,10-11H,6,9,12-13H2,1-2H3,(H,18,20). The van der Waals surface area contributed by atoms with Gasteiger partial charge < -0.3 is 5.32 Å². The Morgan fingerprint density at radius 1 is 1.09 bits per heavy atom. The average Bonchev–Trinajstić information content (AvgIpc) is 3.01. The zero-order chi connectivity index (χ0) is 16.1. The number of rotatable bonds is 7. The van der Waals surface area contributed by atoms with E-state index in [4.69, 9.17) is 0 Å². The van der Waals surface area contributed by atoms with E-state index in [2.05, 4.69) is 70.1 Å². The molecule has 0 spiro atoms. The second kappa shape index (κ2) is 6.73. The van der Waals surface area contributed by atoms with E-state index >= 15 is 0 Å². The second-order valence-electron chi connectivity index (χ2n) is 6.60. The van der Waals surface area contributed by atoms with Crippen LogP contribution in [0.4, 0.5) is 5.82 Å². The molecule has 23 heavy (non-hydrogen) atoms. The first-order valence-corrected chi connectivity index (χ1v) is 7.96. The monoisotopic (exact) mass is 310 g/mol. The molecule has 0 saturated carbocycles. The van der Waals surface area contributed by atoms with Crippen LogP contribution in [-0.2, 0) is 6.42 Å². The Hall–Kier alpha value is -2.50. The number of aromatic nitrogens is 5. The number of nitrogens with one attached hydrogen (secondary N) is 1. The van der Waals surface area contributed by atoms with Crippen molar-refractivity contribution in [3.8, 4) is 0 Å². The molecule has 120 valence electrons. The number of tetrazole rings is 1. The van der Waals surface area contributed by atoms with E-state index in [1.807, 2.05) is 12.1 Å². The van der Waals surface area contributed by atoms with Crippen molar-refractivity contribution >= 4 is 11.5 Å². The van der Waals surface area contributed by atoms with Crippen molar-refractivity contribution in [3.05, 3.63) is 48.0 Å². The van der Waals surface area contributed by atoms with Crippen LogP contribution in [-0.4, -0.2) is 31.8 Å². The Balaban J connectivity index is 1.49. The first kappa shape index (κ1) is 15.4. The van der Waals surface area contributed by atoms with Gasteiger partial charge in [0.1, 0.15) is 5.82 Å². The molecule has 0 aliphatic heterocycles. The molecule has 2 aromatic heterocycles. The fraction of sp³-hybridized carbons (Fsp3) is 0.412. The van der Waals surface area contributed by atoms with Crippen LogP contribution in [0.2, 0.25) is 0 Å². The van der Waals surface area contributed by atoms with Crippen molar-refractivity contribution in [2.75, 3.05) is 11.9 Å². The molecule has 1 aromatic carbocycles. The van der Waals surface area contributed by atoms with Gasteiger partial charge in [-0.05, 0) is 52.8 Å². The van der Waals surface area contributed by atoms with Crippen molar-refractivity contribution in [1.29, 1.82) is 0 Å². The van der Waals surface area contributed by atoms with E-state index in [-0.39, 0.29) is 5.41 Å². The summed E-state index contributed by atoms with van der Waals surface area (Å²) in [5, 5.41) is 19.0. The van der Waals surface area contributed by atoms with Gasteiger partial charge in [-0.25, -0.2) is 0 Å². The Labute approximate surface area is 135 Å². The lowest BCUT2D eigenvalue weighted by Gasteiger charge is -2.25. The number of anilines is 1. The first-order valence-electron chi connectivity index (χ1n) is 7.96. The molecule has 0 fully saturated rings. The summed E-state index contributed by atoms with van der Waals surface area (Å²) in [7, 11) is 0. The van der Waals surface area contributed by atoms with E-state index in [1.165, 1.54) is 16.6 Å². The molecule has 0 saturated heterocycles. The molecule has 3 aromatic rings. The third-order valence-electron chi connectivity index (χ3n) is 3.98. The van der Waals surface area contributed by atoms with Crippen molar-refractivity contribution in [3.63, 3.8) is 0 Å². The maximum absolute atomic E-state index is 4.34. The Morgan fingerprint density at radius 3 is 2.74 bits per heavy atom. The van der Waals surface area contributed by atoms with Crippen molar-refractivity contribution < 1.29 is 0 Å². The summed E-state index contributed by atoms with van der Waals surface area (Å²) in [5.41, 5.74) is 2.26. The maximum atomic E-state index is 4.34. The zero-order valence-corrected chi connectivity index (χ0v) is 13.6. The highest BCUT2D eigenvalue weighted by atomic mass is 15.6. The van der Waals surface area contributed by atoms with Gasteiger partial charge >= 0.3 is 0 Å². The third-order valence-corrected chi connectivity index (χ3v) is 3.98. The van der Waals surface area contributed by atoms with E-state index in [9.17, 15) is 0 Å². The summed E-state index contributed by atoms with van der Waals surface area (Å²) in [5.74, 6) is 0.793. The summed E-state index contributed by atoms with van der Waals surface area (Å²) >= 11 is 0. The third kappa shape index (κ3) is 4.25. The van der Waals surface area contributed by atoms with E-state index < -0.39 is 0 Å². The zero-order valence-electron chi connectivity index (χ0n) is 13.6. The number of aryl methyl sites for hydroxylation is 1. The fourth-order valence-corrected chi connectivity index (χ4v) is 2.58. The van der Waals surface area contributed by atoms with Crippen LogP contribution in [0.1, 0.15) is 32.3 Å². The topological polar surface area (TPSA) is 68.0 Å². The minimum Gasteiger partial charge on any atom is -0.368 e. The number of hydrogen-bond acceptors (Lipinski definition) is 5. The van der Waals surface area contributed by atoms with Crippen molar-refractivity contribution in [2.45, 2.75) is 33.1 Å². The van der Waals surface area contributed by atoms with Crippen LogP contribution < -0.4 is 5.32 Å². The molecule has 0 aliphatic carbocycles. The highest BCUT2D eigenvalue weighted by molar-refractivity contribution is 5.42. The SMILES string of the molecule is CC(C)(CCCc1ccccc1)CNc1ccc2nnnn2n1. The Kier molecular flexibility index (Phi) is 4.50. The molecular formula is C17H22N6. The van der Waals surface area contributed by atoms with Gasteiger partial charge in [-0.1, -0.05) is 44.2 Å². The van der Waals surface area contributed by atoms with Crippen LogP contribution in [0, 0.1) is 5.41 Å². The van der Waals surface area contributed by atoms with Gasteiger partial charge in [0, 0.05) is 6.54 Å². The summed E-state index contributed by atoms with van der Waals surface area (Å²) < 4.78 is 1.44. The molecule has 0 bridgehead atoms. The number of hydrogen-bond donors (Lipinski definition) is 1. The summed E-state index contributed by atoms with van der Waals surface area (Å²) in [6.07, 6.45) is 3.46. The lowest BCUT2D eigenvalue weighted by molar-refractivity contribution is 0.347. The minimum absolute atomic E-state index is 0.200. The van der Waals surface area contributed by atoms with Gasteiger partial charge in [0.2, 0.25) is 0 Å². The van der Waals surface area contributed by atoms with Crippen LogP contribution >= 0.6 is 0 Å². The van der Waals surface area contributed by atoms with Gasteiger partial charge in [0.05, 0.1) is 0 Å². The molecule has 1 N–H and O–H groups in total. The molecule has 0 atom stereocenters. The summed E-state index contributed by atoms with van der Waals surface area (Å²) in [6, 6.07) is 14.4. The Bertz CT molecular complexity index is 750. The van der Waals surface area contributed by atoms with Gasteiger partial charge in [0.15, 0.2) is 5.65 Å². The minimum atomic E-state index is 0.200. The summed E-state index contributed by atoms with van der Waals surface area (Å²) in [4.78, 5) is 0. The highest BCUT2D eigenvalue weighted by Crippen LogP contribution is 2.24. The average molecular weight is 310 g/mol. The first-order chi connectivity index (χ1) is 11.1. The van der Waals surface area contributed by atoms with Crippen LogP contribution in [0.15, 0.2) is 42.5 Å². The van der Waals surface area contributed by atoms with Gasteiger partial charge in [0.25, 0.3) is 0 Å². The molecule has 3 rings (SSSR count). The maximum Gasteiger partial charge on any atom is 0.200 e. The molecule has 6 heteroatoms. The number of fused-ring (bicyclic) bond motifs is 1. The van der Waals surface area contributed by atoms with E-state index in [0.29, 0.717) is 5.65 Å².